The Bertz CT molecular complexity index is 595. The number of hydrogen-bond acceptors (Lipinski definition) is 1. The van der Waals surface area contributed by atoms with Gasteiger partial charge in [-0.1, -0.05) is 30.3 Å². The predicted octanol–water partition coefficient (Wildman–Crippen LogP) is 4.20. The van der Waals surface area contributed by atoms with E-state index in [0.717, 1.165) is 23.2 Å². The summed E-state index contributed by atoms with van der Waals surface area (Å²) in [5, 5.41) is 2.53. The van der Waals surface area contributed by atoms with Crippen molar-refractivity contribution >= 4 is 10.8 Å². The van der Waals surface area contributed by atoms with Gasteiger partial charge in [-0.05, 0) is 42.7 Å². The smallest absolute Gasteiger partial charge is 0.233 e. The van der Waals surface area contributed by atoms with E-state index in [4.69, 9.17) is 4.74 Å². The van der Waals surface area contributed by atoms with Crippen molar-refractivity contribution in [3.05, 3.63) is 42.5 Å². The second-order valence-corrected chi connectivity index (χ2v) is 6.10. The van der Waals surface area contributed by atoms with Crippen LogP contribution in [0.4, 0.5) is 0 Å². The molecule has 2 aromatic carbocycles. The van der Waals surface area contributed by atoms with Crippen molar-refractivity contribution in [2.75, 3.05) is 20.1 Å². The molecule has 2 atom stereocenters. The summed E-state index contributed by atoms with van der Waals surface area (Å²) >= 11 is 0. The van der Waals surface area contributed by atoms with Crippen molar-refractivity contribution < 1.29 is 9.22 Å². The molecule has 1 saturated heterocycles. The van der Waals surface area contributed by atoms with Crippen LogP contribution in [0, 0.1) is 0 Å². The van der Waals surface area contributed by atoms with Gasteiger partial charge < -0.3 is 4.74 Å². The Labute approximate surface area is 121 Å². The first-order chi connectivity index (χ1) is 9.71. The molecule has 2 aromatic rings. The number of likely N-dealkylation sites (tertiary alicyclic amines) is 1. The second kappa shape index (κ2) is 5.45. The van der Waals surface area contributed by atoms with Gasteiger partial charge in [0.2, 0.25) is 6.23 Å². The molecule has 0 aliphatic carbocycles. The van der Waals surface area contributed by atoms with Crippen molar-refractivity contribution in [1.29, 1.82) is 0 Å². The molecule has 0 aromatic heterocycles. The van der Waals surface area contributed by atoms with E-state index < -0.39 is 0 Å². The summed E-state index contributed by atoms with van der Waals surface area (Å²) in [5.74, 6) is 1.01. The number of fused-ring (bicyclic) bond motifs is 1. The summed E-state index contributed by atoms with van der Waals surface area (Å²) in [6.07, 6.45) is 4.07. The van der Waals surface area contributed by atoms with Crippen LogP contribution in [0.3, 0.4) is 0 Å². The highest BCUT2D eigenvalue weighted by Crippen LogP contribution is 2.28. The van der Waals surface area contributed by atoms with Gasteiger partial charge in [0.1, 0.15) is 5.75 Å². The molecular formula is C18H24NO+. The van der Waals surface area contributed by atoms with Crippen LogP contribution in [-0.2, 0) is 0 Å². The van der Waals surface area contributed by atoms with E-state index in [0.29, 0.717) is 6.23 Å². The maximum Gasteiger partial charge on any atom is 0.233 e. The van der Waals surface area contributed by atoms with Crippen molar-refractivity contribution in [3.63, 3.8) is 0 Å². The Kier molecular flexibility index (Phi) is 3.66. The molecule has 0 spiro atoms. The molecule has 2 nitrogen and oxygen atoms in total. The van der Waals surface area contributed by atoms with Gasteiger partial charge in [-0.3, -0.25) is 4.48 Å². The van der Waals surface area contributed by atoms with E-state index in [-0.39, 0.29) is 0 Å². The van der Waals surface area contributed by atoms with Gasteiger partial charge in [-0.15, -0.1) is 0 Å². The Balaban J connectivity index is 1.84. The lowest BCUT2D eigenvalue weighted by atomic mass is 10.1. The largest absolute Gasteiger partial charge is 0.443 e. The quantitative estimate of drug-likeness (QED) is 0.760. The predicted molar refractivity (Wildman–Crippen MR) is 83.8 cm³/mol. The van der Waals surface area contributed by atoms with Crippen LogP contribution < -0.4 is 4.74 Å². The van der Waals surface area contributed by atoms with Crippen LogP contribution in [0.2, 0.25) is 0 Å². The fourth-order valence-electron chi connectivity index (χ4n) is 3.19. The van der Waals surface area contributed by atoms with Crippen LogP contribution in [-0.4, -0.2) is 30.8 Å². The molecule has 106 valence electrons. The van der Waals surface area contributed by atoms with Gasteiger partial charge in [0.25, 0.3) is 0 Å². The minimum absolute atomic E-state index is 0.301. The number of piperidine rings is 1. The van der Waals surface area contributed by atoms with E-state index in [9.17, 15) is 0 Å². The van der Waals surface area contributed by atoms with Crippen molar-refractivity contribution in [3.8, 4) is 5.75 Å². The van der Waals surface area contributed by atoms with Crippen LogP contribution in [0.25, 0.3) is 10.8 Å². The van der Waals surface area contributed by atoms with Crippen molar-refractivity contribution in [2.24, 2.45) is 0 Å². The molecule has 0 bridgehead atoms. The topological polar surface area (TPSA) is 9.23 Å². The molecule has 3 rings (SSSR count). The fourth-order valence-corrected chi connectivity index (χ4v) is 3.19. The Morgan fingerprint density at radius 1 is 1.10 bits per heavy atom. The third-order valence-electron chi connectivity index (χ3n) is 4.78. The highest BCUT2D eigenvalue weighted by Gasteiger charge is 2.35. The van der Waals surface area contributed by atoms with Crippen LogP contribution in [0.1, 0.15) is 26.2 Å². The van der Waals surface area contributed by atoms with Gasteiger partial charge in [0.05, 0.1) is 20.1 Å². The number of benzene rings is 2. The zero-order chi connectivity index (χ0) is 14.0. The average Bonchev–Trinajstić information content (AvgIpc) is 2.49. The molecule has 0 radical (unpaired) electrons. The third-order valence-corrected chi connectivity index (χ3v) is 4.78. The first-order valence-corrected chi connectivity index (χ1v) is 7.71. The number of nitrogens with zero attached hydrogens (tertiary/aromatic N) is 1. The summed E-state index contributed by atoms with van der Waals surface area (Å²) < 4.78 is 7.38. The highest BCUT2D eigenvalue weighted by atomic mass is 16.5. The monoisotopic (exact) mass is 270 g/mol. The lowest BCUT2D eigenvalue weighted by Gasteiger charge is -2.43. The molecule has 2 unspecified atom stereocenters. The minimum Gasteiger partial charge on any atom is -0.443 e. The van der Waals surface area contributed by atoms with Gasteiger partial charge >= 0.3 is 0 Å². The van der Waals surface area contributed by atoms with Crippen LogP contribution in [0.5, 0.6) is 5.75 Å². The Morgan fingerprint density at radius 3 is 2.70 bits per heavy atom. The van der Waals surface area contributed by atoms with Gasteiger partial charge in [-0.2, -0.15) is 0 Å². The Hall–Kier alpha value is -1.54. The zero-order valence-electron chi connectivity index (χ0n) is 12.5. The van der Waals surface area contributed by atoms with E-state index in [1.54, 1.807) is 0 Å². The molecule has 1 fully saturated rings. The van der Waals surface area contributed by atoms with Crippen molar-refractivity contribution in [1.82, 2.24) is 0 Å². The average molecular weight is 270 g/mol. The number of quaternary nitrogens is 1. The summed E-state index contributed by atoms with van der Waals surface area (Å²) in [6.45, 7) is 4.63. The normalized spacial score (nSPS) is 26.6. The molecule has 0 saturated carbocycles. The number of hydrogen-bond donors (Lipinski definition) is 0. The Morgan fingerprint density at radius 2 is 1.90 bits per heavy atom. The molecule has 1 aliphatic rings. The maximum absolute atomic E-state index is 6.34. The maximum atomic E-state index is 6.34. The van der Waals surface area contributed by atoms with Crippen LogP contribution >= 0.6 is 0 Å². The lowest BCUT2D eigenvalue weighted by Crippen LogP contribution is -2.57. The van der Waals surface area contributed by atoms with E-state index >= 15 is 0 Å². The minimum atomic E-state index is 0.301. The molecule has 0 N–H and O–H groups in total. The lowest BCUT2D eigenvalue weighted by molar-refractivity contribution is -0.954. The number of rotatable bonds is 3. The summed E-state index contributed by atoms with van der Waals surface area (Å²) in [4.78, 5) is 0. The fraction of sp³-hybridized carbons (Fsp3) is 0.444. The summed E-state index contributed by atoms with van der Waals surface area (Å²) in [5.41, 5.74) is 0. The molecule has 1 heterocycles. The second-order valence-electron chi connectivity index (χ2n) is 6.10. The van der Waals surface area contributed by atoms with E-state index in [1.165, 1.54) is 30.2 Å². The number of ether oxygens (including phenoxy) is 1. The van der Waals surface area contributed by atoms with Gasteiger partial charge in [-0.25, -0.2) is 0 Å². The van der Waals surface area contributed by atoms with Gasteiger partial charge in [0.15, 0.2) is 0 Å². The molecule has 1 aliphatic heterocycles. The zero-order valence-corrected chi connectivity index (χ0v) is 12.5. The third kappa shape index (κ3) is 2.53. The van der Waals surface area contributed by atoms with E-state index in [1.807, 2.05) is 0 Å². The van der Waals surface area contributed by atoms with Gasteiger partial charge in [0, 0.05) is 6.42 Å². The molecule has 2 heteroatoms. The molecular weight excluding hydrogens is 246 g/mol. The first kappa shape index (κ1) is 13.4. The van der Waals surface area contributed by atoms with Crippen molar-refractivity contribution in [2.45, 2.75) is 32.4 Å². The molecule has 0 amide bonds. The first-order valence-electron chi connectivity index (χ1n) is 7.71. The summed E-state index contributed by atoms with van der Waals surface area (Å²) in [6, 6.07) is 14.9. The highest BCUT2D eigenvalue weighted by molar-refractivity contribution is 5.83. The molecule has 20 heavy (non-hydrogen) atoms. The standard InChI is InChI=1S/C18H24NO/c1-3-19(2)13-7-6-10-18(19)20-17-12-11-15-8-4-5-9-16(15)14-17/h4-5,8-9,11-12,14,18H,3,6-7,10,13H2,1-2H3/q+1. The summed E-state index contributed by atoms with van der Waals surface area (Å²) in [7, 11) is 2.32. The SMILES string of the molecule is CC[N+]1(C)CCCCC1Oc1ccc2ccccc2c1. The van der Waals surface area contributed by atoms with E-state index in [2.05, 4.69) is 56.4 Å². The van der Waals surface area contributed by atoms with Crippen LogP contribution in [0.15, 0.2) is 42.5 Å².